The Hall–Kier alpha value is -0.470. The van der Waals surface area contributed by atoms with Gasteiger partial charge in [0.2, 0.25) is 0 Å². The highest BCUT2D eigenvalue weighted by molar-refractivity contribution is 8.00. The fourth-order valence-corrected chi connectivity index (χ4v) is 4.32. The van der Waals surface area contributed by atoms with Crippen molar-refractivity contribution in [1.82, 2.24) is 0 Å². The molecular weight excluding hydrogens is 214 g/mol. The second kappa shape index (κ2) is 4.42. The van der Waals surface area contributed by atoms with E-state index in [1.165, 1.54) is 31.4 Å². The molecule has 3 rings (SSSR count). The van der Waals surface area contributed by atoms with E-state index in [0.29, 0.717) is 6.04 Å². The highest BCUT2D eigenvalue weighted by atomic mass is 32.2. The van der Waals surface area contributed by atoms with Crippen molar-refractivity contribution in [3.63, 3.8) is 0 Å². The SMILES string of the molecule is NC(CC1Cc2ccccc21)C1CCCS1. The van der Waals surface area contributed by atoms with Gasteiger partial charge in [-0.2, -0.15) is 11.8 Å². The Labute approximate surface area is 102 Å². The molecule has 1 aliphatic carbocycles. The zero-order valence-corrected chi connectivity index (χ0v) is 10.4. The minimum atomic E-state index is 0.408. The molecule has 2 heteroatoms. The van der Waals surface area contributed by atoms with E-state index in [1.807, 2.05) is 0 Å². The number of fused-ring (bicyclic) bond motifs is 1. The van der Waals surface area contributed by atoms with Crippen LogP contribution in [0.1, 0.15) is 36.3 Å². The van der Waals surface area contributed by atoms with Crippen molar-refractivity contribution in [2.45, 2.75) is 42.9 Å². The molecule has 0 saturated carbocycles. The largest absolute Gasteiger partial charge is 0.327 e. The molecule has 1 nitrogen and oxygen atoms in total. The van der Waals surface area contributed by atoms with Crippen molar-refractivity contribution < 1.29 is 0 Å². The van der Waals surface area contributed by atoms with Crippen LogP contribution in [-0.2, 0) is 6.42 Å². The summed E-state index contributed by atoms with van der Waals surface area (Å²) < 4.78 is 0. The third-order valence-electron chi connectivity index (χ3n) is 3.96. The van der Waals surface area contributed by atoms with Crippen LogP contribution in [0.2, 0.25) is 0 Å². The molecule has 0 radical (unpaired) electrons. The maximum absolute atomic E-state index is 6.33. The number of nitrogens with two attached hydrogens (primary N) is 1. The van der Waals surface area contributed by atoms with E-state index in [9.17, 15) is 0 Å². The maximum Gasteiger partial charge on any atom is 0.0199 e. The van der Waals surface area contributed by atoms with E-state index in [1.54, 1.807) is 11.1 Å². The van der Waals surface area contributed by atoms with Crippen LogP contribution in [0.25, 0.3) is 0 Å². The van der Waals surface area contributed by atoms with Crippen LogP contribution in [0.3, 0.4) is 0 Å². The van der Waals surface area contributed by atoms with Gasteiger partial charge < -0.3 is 5.73 Å². The van der Waals surface area contributed by atoms with Crippen molar-refractivity contribution in [2.24, 2.45) is 5.73 Å². The molecule has 0 amide bonds. The molecular formula is C14H19NS. The average molecular weight is 233 g/mol. The second-order valence-corrected chi connectivity index (χ2v) is 6.40. The van der Waals surface area contributed by atoms with Gasteiger partial charge in [0, 0.05) is 11.3 Å². The molecule has 0 aromatic heterocycles. The summed E-state index contributed by atoms with van der Waals surface area (Å²) in [5.41, 5.74) is 9.42. The molecule has 2 aliphatic rings. The summed E-state index contributed by atoms with van der Waals surface area (Å²) in [5, 5.41) is 0.729. The van der Waals surface area contributed by atoms with Gasteiger partial charge in [0.25, 0.3) is 0 Å². The zero-order chi connectivity index (χ0) is 11.0. The van der Waals surface area contributed by atoms with Gasteiger partial charge in [-0.1, -0.05) is 24.3 Å². The summed E-state index contributed by atoms with van der Waals surface area (Å²) in [5.74, 6) is 2.06. The van der Waals surface area contributed by atoms with Gasteiger partial charge in [-0.25, -0.2) is 0 Å². The van der Waals surface area contributed by atoms with E-state index in [-0.39, 0.29) is 0 Å². The smallest absolute Gasteiger partial charge is 0.0199 e. The summed E-state index contributed by atoms with van der Waals surface area (Å²) in [6, 6.07) is 9.23. The van der Waals surface area contributed by atoms with Crippen LogP contribution in [0.4, 0.5) is 0 Å². The number of benzene rings is 1. The van der Waals surface area contributed by atoms with E-state index >= 15 is 0 Å². The van der Waals surface area contributed by atoms with Gasteiger partial charge in [0.05, 0.1) is 0 Å². The fourth-order valence-electron chi connectivity index (χ4n) is 2.99. The molecule has 0 spiro atoms. The zero-order valence-electron chi connectivity index (χ0n) is 9.56. The minimum absolute atomic E-state index is 0.408. The van der Waals surface area contributed by atoms with E-state index < -0.39 is 0 Å². The lowest BCUT2D eigenvalue weighted by molar-refractivity contribution is 0.470. The molecule has 1 aliphatic heterocycles. The highest BCUT2D eigenvalue weighted by Crippen LogP contribution is 2.40. The molecule has 1 aromatic rings. The summed E-state index contributed by atoms with van der Waals surface area (Å²) in [7, 11) is 0. The molecule has 86 valence electrons. The topological polar surface area (TPSA) is 26.0 Å². The van der Waals surface area contributed by atoms with Gasteiger partial charge >= 0.3 is 0 Å². The summed E-state index contributed by atoms with van der Waals surface area (Å²) in [6.45, 7) is 0. The van der Waals surface area contributed by atoms with Crippen LogP contribution in [0.5, 0.6) is 0 Å². The number of hydrogen-bond acceptors (Lipinski definition) is 2. The molecule has 1 heterocycles. The Morgan fingerprint density at radius 3 is 3.00 bits per heavy atom. The lowest BCUT2D eigenvalue weighted by Crippen LogP contribution is -2.35. The van der Waals surface area contributed by atoms with Crippen LogP contribution >= 0.6 is 11.8 Å². The lowest BCUT2D eigenvalue weighted by Gasteiger charge is -2.33. The normalized spacial score (nSPS) is 29.6. The van der Waals surface area contributed by atoms with Gasteiger partial charge in [0.15, 0.2) is 0 Å². The lowest BCUT2D eigenvalue weighted by atomic mass is 9.74. The number of rotatable bonds is 3. The van der Waals surface area contributed by atoms with Crippen LogP contribution in [0, 0.1) is 0 Å². The summed E-state index contributed by atoms with van der Waals surface area (Å²) in [6.07, 6.45) is 5.14. The number of hydrogen-bond donors (Lipinski definition) is 1. The Balaban J connectivity index is 1.61. The molecule has 16 heavy (non-hydrogen) atoms. The van der Waals surface area contributed by atoms with Crippen LogP contribution < -0.4 is 5.73 Å². The molecule has 3 atom stereocenters. The first-order valence-corrected chi connectivity index (χ1v) is 7.34. The van der Waals surface area contributed by atoms with Crippen molar-refractivity contribution in [1.29, 1.82) is 0 Å². The third kappa shape index (κ3) is 1.89. The molecule has 1 aromatic carbocycles. The first kappa shape index (κ1) is 10.7. The van der Waals surface area contributed by atoms with Gasteiger partial charge in [0.1, 0.15) is 0 Å². The van der Waals surface area contributed by atoms with E-state index in [0.717, 1.165) is 11.2 Å². The van der Waals surface area contributed by atoms with Crippen molar-refractivity contribution in [2.75, 3.05) is 5.75 Å². The Kier molecular flexibility index (Phi) is 2.95. The predicted octanol–water partition coefficient (Wildman–Crippen LogP) is 2.94. The summed E-state index contributed by atoms with van der Waals surface area (Å²) >= 11 is 2.08. The third-order valence-corrected chi connectivity index (χ3v) is 5.50. The Morgan fingerprint density at radius 2 is 2.25 bits per heavy atom. The number of thioether (sulfide) groups is 1. The highest BCUT2D eigenvalue weighted by Gasteiger charge is 2.30. The molecule has 0 bridgehead atoms. The van der Waals surface area contributed by atoms with Gasteiger partial charge in [-0.3, -0.25) is 0 Å². The monoisotopic (exact) mass is 233 g/mol. The van der Waals surface area contributed by atoms with E-state index in [2.05, 4.69) is 36.0 Å². The fraction of sp³-hybridized carbons (Fsp3) is 0.571. The van der Waals surface area contributed by atoms with Gasteiger partial charge in [-0.05, 0) is 48.5 Å². The van der Waals surface area contributed by atoms with Gasteiger partial charge in [-0.15, -0.1) is 0 Å². The molecule has 2 N–H and O–H groups in total. The first-order chi connectivity index (χ1) is 7.84. The maximum atomic E-state index is 6.33. The van der Waals surface area contributed by atoms with Crippen molar-refractivity contribution in [3.8, 4) is 0 Å². The van der Waals surface area contributed by atoms with Crippen molar-refractivity contribution >= 4 is 11.8 Å². The van der Waals surface area contributed by atoms with Crippen molar-refractivity contribution in [3.05, 3.63) is 35.4 Å². The first-order valence-electron chi connectivity index (χ1n) is 6.29. The summed E-state index contributed by atoms with van der Waals surface area (Å²) in [4.78, 5) is 0. The Morgan fingerprint density at radius 1 is 1.38 bits per heavy atom. The standard InChI is InChI=1S/C14H19NS/c15-13(14-6-3-7-16-14)9-11-8-10-4-1-2-5-12(10)11/h1-2,4-5,11,13-14H,3,6-9,15H2. The molecule has 1 saturated heterocycles. The Bertz CT molecular complexity index is 371. The van der Waals surface area contributed by atoms with Crippen LogP contribution in [-0.4, -0.2) is 17.0 Å². The quantitative estimate of drug-likeness (QED) is 0.868. The van der Waals surface area contributed by atoms with E-state index in [4.69, 9.17) is 5.73 Å². The second-order valence-electron chi connectivity index (χ2n) is 5.05. The minimum Gasteiger partial charge on any atom is -0.327 e. The van der Waals surface area contributed by atoms with Crippen LogP contribution in [0.15, 0.2) is 24.3 Å². The predicted molar refractivity (Wildman–Crippen MR) is 71.0 cm³/mol. The molecule has 1 fully saturated rings. The molecule has 3 unspecified atom stereocenters. The average Bonchev–Trinajstić information content (AvgIpc) is 2.79.